The van der Waals surface area contributed by atoms with Gasteiger partial charge in [0.15, 0.2) is 0 Å². The van der Waals surface area contributed by atoms with Gasteiger partial charge < -0.3 is 14.4 Å². The fraction of sp³-hybridized carbons (Fsp3) is 0.391. The van der Waals surface area contributed by atoms with Gasteiger partial charge in [0.2, 0.25) is 22.0 Å². The molecule has 0 aromatic heterocycles. The van der Waals surface area contributed by atoms with Gasteiger partial charge in [-0.05, 0) is 44.0 Å². The minimum Gasteiger partial charge on any atom is -0.475 e. The van der Waals surface area contributed by atoms with Gasteiger partial charge in [-0.25, -0.2) is 13.2 Å². The molecular weight excluding hydrogens is 432 g/mol. The van der Waals surface area contributed by atoms with Crippen molar-refractivity contribution in [3.05, 3.63) is 54.1 Å². The first kappa shape index (κ1) is 22.3. The lowest BCUT2D eigenvalue weighted by molar-refractivity contribution is -0.148. The second-order valence-corrected chi connectivity index (χ2v) is 9.98. The minimum absolute atomic E-state index is 0.0599. The third-order valence-electron chi connectivity index (χ3n) is 5.97. The molecule has 2 heterocycles. The summed E-state index contributed by atoms with van der Waals surface area (Å²) in [6.07, 6.45) is -0.0839. The third kappa shape index (κ3) is 4.22. The van der Waals surface area contributed by atoms with Gasteiger partial charge >= 0.3 is 5.97 Å². The highest BCUT2D eigenvalue weighted by molar-refractivity contribution is 7.89. The molecule has 0 saturated carbocycles. The zero-order valence-electron chi connectivity index (χ0n) is 18.1. The largest absolute Gasteiger partial charge is 0.475 e. The number of para-hydroxylation sites is 2. The van der Waals surface area contributed by atoms with Gasteiger partial charge in [-0.15, -0.1) is 0 Å². The van der Waals surface area contributed by atoms with Gasteiger partial charge in [0, 0.05) is 19.0 Å². The van der Waals surface area contributed by atoms with Crippen molar-refractivity contribution in [2.45, 2.75) is 30.8 Å². The first-order valence-corrected chi connectivity index (χ1v) is 12.0. The number of benzene rings is 2. The zero-order valence-corrected chi connectivity index (χ0v) is 18.9. The molecule has 9 heteroatoms. The summed E-state index contributed by atoms with van der Waals surface area (Å²) in [6.45, 7) is 2.49. The first-order valence-electron chi connectivity index (χ1n) is 10.5. The molecule has 2 aromatic carbocycles. The van der Waals surface area contributed by atoms with Gasteiger partial charge in [-0.1, -0.05) is 29.8 Å². The van der Waals surface area contributed by atoms with Crippen LogP contribution in [0.5, 0.6) is 5.75 Å². The van der Waals surface area contributed by atoms with Crippen molar-refractivity contribution in [3.8, 4) is 5.75 Å². The van der Waals surface area contributed by atoms with Crippen LogP contribution in [-0.4, -0.2) is 57.4 Å². The Morgan fingerprint density at radius 2 is 1.69 bits per heavy atom. The van der Waals surface area contributed by atoms with Crippen LogP contribution < -0.4 is 9.64 Å². The number of ether oxygens (including phenoxy) is 2. The normalized spacial score (nSPS) is 19.7. The first-order chi connectivity index (χ1) is 15.3. The number of hydrogen-bond donors (Lipinski definition) is 0. The van der Waals surface area contributed by atoms with Gasteiger partial charge in [-0.2, -0.15) is 4.31 Å². The molecule has 170 valence electrons. The number of amides is 1. The molecule has 2 aliphatic heterocycles. The number of methoxy groups -OCH3 is 1. The van der Waals surface area contributed by atoms with Crippen LogP contribution in [0, 0.1) is 12.8 Å². The monoisotopic (exact) mass is 458 g/mol. The molecule has 1 atom stereocenters. The molecule has 0 aliphatic carbocycles. The number of anilines is 1. The van der Waals surface area contributed by atoms with E-state index in [-0.39, 0.29) is 36.4 Å². The van der Waals surface area contributed by atoms with Crippen LogP contribution in [0.2, 0.25) is 0 Å². The highest BCUT2D eigenvalue weighted by Gasteiger charge is 2.39. The van der Waals surface area contributed by atoms with E-state index in [0.717, 1.165) is 5.56 Å². The van der Waals surface area contributed by atoms with Gasteiger partial charge in [0.05, 0.1) is 24.2 Å². The lowest BCUT2D eigenvalue weighted by Gasteiger charge is -2.37. The minimum atomic E-state index is -3.60. The summed E-state index contributed by atoms with van der Waals surface area (Å²) in [5.74, 6) is -0.579. The Morgan fingerprint density at radius 1 is 1.03 bits per heavy atom. The molecule has 4 rings (SSSR count). The molecule has 2 aromatic rings. The fourth-order valence-corrected chi connectivity index (χ4v) is 5.59. The Labute approximate surface area is 187 Å². The Morgan fingerprint density at radius 3 is 2.34 bits per heavy atom. The molecule has 0 radical (unpaired) electrons. The molecule has 0 unspecified atom stereocenters. The number of nitrogens with zero attached hydrogens (tertiary/aromatic N) is 2. The molecule has 1 amide bonds. The highest BCUT2D eigenvalue weighted by atomic mass is 32.2. The van der Waals surface area contributed by atoms with Gasteiger partial charge in [0.1, 0.15) is 5.75 Å². The number of carbonyl (C=O) groups excluding carboxylic acids is 2. The summed E-state index contributed by atoms with van der Waals surface area (Å²) in [6, 6.07) is 13.8. The molecule has 0 N–H and O–H groups in total. The number of rotatable bonds is 4. The summed E-state index contributed by atoms with van der Waals surface area (Å²) in [5.41, 5.74) is 1.59. The van der Waals surface area contributed by atoms with E-state index in [1.54, 1.807) is 53.4 Å². The summed E-state index contributed by atoms with van der Waals surface area (Å²) in [4.78, 5) is 27.3. The smallest absolute Gasteiger partial charge is 0.348 e. The summed E-state index contributed by atoms with van der Waals surface area (Å²) in [7, 11) is -2.32. The van der Waals surface area contributed by atoms with E-state index in [1.807, 2.05) is 6.92 Å². The quantitative estimate of drug-likeness (QED) is 0.653. The molecule has 8 nitrogen and oxygen atoms in total. The Kier molecular flexibility index (Phi) is 6.21. The van der Waals surface area contributed by atoms with Crippen LogP contribution in [-0.2, 0) is 24.3 Å². The lowest BCUT2D eigenvalue weighted by Crippen LogP contribution is -2.51. The maximum atomic E-state index is 13.4. The van der Waals surface area contributed by atoms with Crippen molar-refractivity contribution in [2.24, 2.45) is 5.92 Å². The maximum Gasteiger partial charge on any atom is 0.348 e. The van der Waals surface area contributed by atoms with E-state index in [9.17, 15) is 18.0 Å². The second-order valence-electron chi connectivity index (χ2n) is 8.04. The van der Waals surface area contributed by atoms with Crippen molar-refractivity contribution in [2.75, 3.05) is 31.6 Å². The molecule has 0 bridgehead atoms. The number of sulfonamides is 1. The number of esters is 1. The van der Waals surface area contributed by atoms with Crippen LogP contribution in [0.1, 0.15) is 18.4 Å². The lowest BCUT2D eigenvalue weighted by atomic mass is 9.95. The standard InChI is InChI=1S/C23H26N2O6S/c1-16-7-9-18(10-8-16)32(28,29)24-13-11-17(12-14-24)22(26)25-15-21(23(27)30-2)31-20-6-4-3-5-19(20)25/h3-10,17,21H,11-15H2,1-2H3/t21-/m0/s1. The van der Waals surface area contributed by atoms with Crippen molar-refractivity contribution < 1.29 is 27.5 Å². The predicted octanol–water partition coefficient (Wildman–Crippen LogP) is 2.36. The summed E-state index contributed by atoms with van der Waals surface area (Å²) >= 11 is 0. The molecular formula is C23H26N2O6S. The topological polar surface area (TPSA) is 93.2 Å². The van der Waals surface area contributed by atoms with Crippen LogP contribution in [0.25, 0.3) is 0 Å². The molecule has 1 fully saturated rings. The predicted molar refractivity (Wildman–Crippen MR) is 118 cm³/mol. The number of aryl methyl sites for hydroxylation is 1. The van der Waals surface area contributed by atoms with E-state index in [2.05, 4.69) is 0 Å². The van der Waals surface area contributed by atoms with Crippen molar-refractivity contribution in [3.63, 3.8) is 0 Å². The van der Waals surface area contributed by atoms with Crippen LogP contribution in [0.3, 0.4) is 0 Å². The Bertz CT molecular complexity index is 1110. The van der Waals surface area contributed by atoms with Crippen LogP contribution in [0.15, 0.2) is 53.4 Å². The number of carbonyl (C=O) groups is 2. The van der Waals surface area contributed by atoms with Gasteiger partial charge in [0.25, 0.3) is 0 Å². The second kappa shape index (κ2) is 8.91. The molecule has 1 saturated heterocycles. The van der Waals surface area contributed by atoms with E-state index < -0.39 is 22.1 Å². The van der Waals surface area contributed by atoms with E-state index in [1.165, 1.54) is 11.4 Å². The molecule has 2 aliphatic rings. The zero-order chi connectivity index (χ0) is 22.9. The highest BCUT2D eigenvalue weighted by Crippen LogP contribution is 2.36. The van der Waals surface area contributed by atoms with Gasteiger partial charge in [-0.3, -0.25) is 4.79 Å². The summed E-state index contributed by atoms with van der Waals surface area (Å²) < 4.78 is 37.9. The van der Waals surface area contributed by atoms with Crippen LogP contribution in [0.4, 0.5) is 5.69 Å². The fourth-order valence-electron chi connectivity index (χ4n) is 4.12. The third-order valence-corrected chi connectivity index (χ3v) is 7.88. The molecule has 0 spiro atoms. The van der Waals surface area contributed by atoms with E-state index >= 15 is 0 Å². The van der Waals surface area contributed by atoms with Crippen molar-refractivity contribution in [1.29, 1.82) is 0 Å². The average Bonchev–Trinajstić information content (AvgIpc) is 2.82. The van der Waals surface area contributed by atoms with Crippen molar-refractivity contribution in [1.82, 2.24) is 4.31 Å². The summed E-state index contributed by atoms with van der Waals surface area (Å²) in [5, 5.41) is 0. The van der Waals surface area contributed by atoms with Crippen molar-refractivity contribution >= 4 is 27.6 Å². The van der Waals surface area contributed by atoms with E-state index in [0.29, 0.717) is 24.3 Å². The van der Waals surface area contributed by atoms with Crippen LogP contribution >= 0.6 is 0 Å². The number of hydrogen-bond acceptors (Lipinski definition) is 6. The number of piperidine rings is 1. The maximum absolute atomic E-state index is 13.4. The Hall–Kier alpha value is -2.91. The number of fused-ring (bicyclic) bond motifs is 1. The molecule has 32 heavy (non-hydrogen) atoms. The Balaban J connectivity index is 1.48. The van der Waals surface area contributed by atoms with E-state index in [4.69, 9.17) is 9.47 Å². The average molecular weight is 459 g/mol. The SMILES string of the molecule is COC(=O)[C@@H]1CN(C(=O)C2CCN(S(=O)(=O)c3ccc(C)cc3)CC2)c2ccccc2O1.